The van der Waals surface area contributed by atoms with Crippen molar-refractivity contribution in [3.8, 4) is 11.5 Å². The fourth-order valence-electron chi connectivity index (χ4n) is 10.8. The molecule has 0 unspecified atom stereocenters. The van der Waals surface area contributed by atoms with Gasteiger partial charge < -0.3 is 25.0 Å². The zero-order valence-corrected chi connectivity index (χ0v) is 38.1. The number of anilines is 2. The zero-order valence-electron chi connectivity index (χ0n) is 37.3. The van der Waals surface area contributed by atoms with Gasteiger partial charge in [0.25, 0.3) is 15.9 Å². The third kappa shape index (κ3) is 8.99. The van der Waals surface area contributed by atoms with E-state index in [2.05, 4.69) is 78.1 Å². The van der Waals surface area contributed by atoms with Crippen LogP contribution in [0.5, 0.6) is 11.5 Å². The molecule has 1 atom stereocenters. The standard InChI is InChI=1S/C49H60N8O6S/c1-31(2)38-8-5-6-9-39(38)42-10-7-21-57(42)36-27-49(28-36)18-22-56(23-19-49)35-11-12-40(43(25-35)63-37-24-34-15-20-50-45(34)52-30-37)47(58)55-64(61,62)44-26-41(54-60)46(53-32(44)3)51-29-33-13-16-48(4,59)17-14-33/h5-6,8-9,11-12,15,20,24-26,30-31,33,36,42,59H,7,10,13-14,16-19,21-23,27-29H2,1-4H3,(H,50,52)(H,51,53)(H,55,58)/t33?,42-,48?/m0/s1. The van der Waals surface area contributed by atoms with Gasteiger partial charge in [-0.15, -0.1) is 4.91 Å². The monoisotopic (exact) mass is 888 g/mol. The number of carbonyl (C=O) groups is 1. The van der Waals surface area contributed by atoms with E-state index >= 15 is 0 Å². The highest BCUT2D eigenvalue weighted by atomic mass is 32.2. The second kappa shape index (κ2) is 17.5. The Labute approximate surface area is 375 Å². The quantitative estimate of drug-likeness (QED) is 0.0827. The van der Waals surface area contributed by atoms with Gasteiger partial charge in [-0.3, -0.25) is 9.69 Å². The van der Waals surface area contributed by atoms with Crippen molar-refractivity contribution in [2.75, 3.05) is 36.4 Å². The number of pyridine rings is 2. The van der Waals surface area contributed by atoms with E-state index in [1.807, 2.05) is 25.1 Å². The van der Waals surface area contributed by atoms with Gasteiger partial charge in [-0.2, -0.15) is 0 Å². The molecule has 4 fully saturated rings. The molecule has 5 aromatic rings. The van der Waals surface area contributed by atoms with Crippen molar-refractivity contribution in [3.05, 3.63) is 100 Å². The van der Waals surface area contributed by atoms with Crippen molar-refractivity contribution in [3.63, 3.8) is 0 Å². The second-order valence-electron chi connectivity index (χ2n) is 19.4. The number of aromatic amines is 1. The number of amides is 1. The van der Waals surface area contributed by atoms with E-state index in [0.717, 1.165) is 62.5 Å². The Bertz CT molecular complexity index is 2640. The van der Waals surface area contributed by atoms with Crippen LogP contribution in [0.1, 0.15) is 124 Å². The predicted octanol–water partition coefficient (Wildman–Crippen LogP) is 9.64. The minimum Gasteiger partial charge on any atom is -0.455 e. The summed E-state index contributed by atoms with van der Waals surface area (Å²) in [6.45, 7) is 11.3. The van der Waals surface area contributed by atoms with Crippen molar-refractivity contribution in [2.45, 2.75) is 120 Å². The molecule has 338 valence electrons. The molecule has 15 heteroatoms. The molecule has 14 nitrogen and oxygen atoms in total. The van der Waals surface area contributed by atoms with Crippen LogP contribution >= 0.6 is 0 Å². The second-order valence-corrected chi connectivity index (χ2v) is 21.0. The lowest BCUT2D eigenvalue weighted by atomic mass is 9.59. The molecule has 4 aliphatic rings. The largest absolute Gasteiger partial charge is 0.455 e. The predicted molar refractivity (Wildman–Crippen MR) is 249 cm³/mol. The molecule has 0 bridgehead atoms. The Morgan fingerprint density at radius 3 is 2.53 bits per heavy atom. The highest BCUT2D eigenvalue weighted by Crippen LogP contribution is 2.54. The summed E-state index contributed by atoms with van der Waals surface area (Å²) in [5, 5.41) is 17.4. The average Bonchev–Trinajstić information content (AvgIpc) is 3.95. The minimum atomic E-state index is -4.53. The van der Waals surface area contributed by atoms with Crippen LogP contribution in [0.25, 0.3) is 11.0 Å². The van der Waals surface area contributed by atoms with E-state index in [1.165, 1.54) is 43.7 Å². The first-order chi connectivity index (χ1) is 30.7. The molecular weight excluding hydrogens is 829 g/mol. The van der Waals surface area contributed by atoms with Crippen molar-refractivity contribution >= 4 is 44.2 Å². The lowest BCUT2D eigenvalue weighted by Crippen LogP contribution is -2.54. The molecule has 2 aliphatic heterocycles. The van der Waals surface area contributed by atoms with Crippen LogP contribution < -0.4 is 19.7 Å². The smallest absolute Gasteiger partial charge is 0.268 e. The Kier molecular flexibility index (Phi) is 12.0. The molecule has 64 heavy (non-hydrogen) atoms. The van der Waals surface area contributed by atoms with Crippen LogP contribution in [-0.2, 0) is 10.0 Å². The third-order valence-electron chi connectivity index (χ3n) is 14.6. The molecule has 2 saturated heterocycles. The van der Waals surface area contributed by atoms with Gasteiger partial charge in [-0.25, -0.2) is 23.1 Å². The number of benzene rings is 2. The van der Waals surface area contributed by atoms with E-state index in [0.29, 0.717) is 54.2 Å². The first kappa shape index (κ1) is 43.9. The van der Waals surface area contributed by atoms with Crippen molar-refractivity contribution in [1.29, 1.82) is 0 Å². The number of carbonyl (C=O) groups excluding carboxylic acids is 1. The number of hydrogen-bond acceptors (Lipinski definition) is 12. The molecule has 4 N–H and O–H groups in total. The number of rotatable bonds is 13. The number of aliphatic hydroxyl groups is 1. The van der Waals surface area contributed by atoms with Crippen LogP contribution in [0.3, 0.4) is 0 Å². The summed E-state index contributed by atoms with van der Waals surface area (Å²) in [7, 11) is -4.53. The number of piperidine rings is 1. The summed E-state index contributed by atoms with van der Waals surface area (Å²) in [5.74, 6) is 0.586. The van der Waals surface area contributed by atoms with E-state index < -0.39 is 21.5 Å². The number of ether oxygens (including phenoxy) is 1. The lowest BCUT2D eigenvalue weighted by Gasteiger charge is -2.56. The zero-order chi connectivity index (χ0) is 44.8. The molecule has 2 saturated carbocycles. The van der Waals surface area contributed by atoms with Crippen LogP contribution in [0, 0.1) is 23.2 Å². The van der Waals surface area contributed by atoms with E-state index in [4.69, 9.17) is 4.74 Å². The maximum atomic E-state index is 14.1. The summed E-state index contributed by atoms with van der Waals surface area (Å²) >= 11 is 0. The molecule has 2 aromatic carbocycles. The maximum Gasteiger partial charge on any atom is 0.268 e. The molecule has 5 heterocycles. The number of sulfonamides is 1. The molecule has 2 aliphatic carbocycles. The number of likely N-dealkylation sites (tertiary alicyclic amines) is 1. The molecule has 9 rings (SSSR count). The number of H-pyrrole nitrogens is 1. The summed E-state index contributed by atoms with van der Waals surface area (Å²) in [6, 6.07) is 20.2. The highest BCUT2D eigenvalue weighted by molar-refractivity contribution is 7.90. The Morgan fingerprint density at radius 2 is 1.78 bits per heavy atom. The molecule has 0 radical (unpaired) electrons. The first-order valence-electron chi connectivity index (χ1n) is 22.9. The van der Waals surface area contributed by atoms with Crippen molar-refractivity contribution < 1.29 is 23.1 Å². The number of aromatic nitrogens is 3. The average molecular weight is 889 g/mol. The van der Waals surface area contributed by atoms with Crippen LogP contribution in [0.15, 0.2) is 83.1 Å². The van der Waals surface area contributed by atoms with Gasteiger partial charge in [0, 0.05) is 55.1 Å². The number of hydrogen-bond donors (Lipinski definition) is 4. The Hall–Kier alpha value is -5.38. The number of nitrogens with zero attached hydrogens (tertiary/aromatic N) is 5. The van der Waals surface area contributed by atoms with Crippen LogP contribution in [0.2, 0.25) is 0 Å². The summed E-state index contributed by atoms with van der Waals surface area (Å²) < 4.78 is 36.4. The van der Waals surface area contributed by atoms with Gasteiger partial charge in [-0.05, 0) is 148 Å². The SMILES string of the molecule is Cc1nc(NCC2CCC(C)(O)CC2)c(N=O)cc1S(=O)(=O)NC(=O)c1ccc(N2CCC3(CC2)CC(N2CCC[C@H]2c2ccccc2C(C)C)C3)cc1Oc1cnc2[nH]ccc2c1. The topological polar surface area (TPSA) is 182 Å². The molecule has 1 amide bonds. The van der Waals surface area contributed by atoms with E-state index in [9.17, 15) is 23.2 Å². The van der Waals surface area contributed by atoms with Gasteiger partial charge >= 0.3 is 0 Å². The van der Waals surface area contributed by atoms with Gasteiger partial charge in [0.05, 0.1) is 23.1 Å². The fourth-order valence-corrected chi connectivity index (χ4v) is 12.0. The highest BCUT2D eigenvalue weighted by Gasteiger charge is 2.50. The van der Waals surface area contributed by atoms with Crippen LogP contribution in [-0.4, -0.2) is 77.1 Å². The van der Waals surface area contributed by atoms with Crippen molar-refractivity contribution in [1.82, 2.24) is 24.6 Å². The summed E-state index contributed by atoms with van der Waals surface area (Å²) in [6.07, 6.45) is 13.3. The molecule has 3 aromatic heterocycles. The molecular formula is C49H60N8O6S. The van der Waals surface area contributed by atoms with Crippen molar-refractivity contribution in [2.24, 2.45) is 16.5 Å². The van der Waals surface area contributed by atoms with Gasteiger partial charge in [0.1, 0.15) is 22.0 Å². The van der Waals surface area contributed by atoms with Gasteiger partial charge in [-0.1, -0.05) is 38.1 Å². The van der Waals surface area contributed by atoms with E-state index in [-0.39, 0.29) is 39.3 Å². The maximum absolute atomic E-state index is 14.1. The molecule has 1 spiro atoms. The number of nitrogens with one attached hydrogen (secondary N) is 3. The summed E-state index contributed by atoms with van der Waals surface area (Å²) in [4.78, 5) is 42.7. The number of nitroso groups, excluding NO2 is 1. The minimum absolute atomic E-state index is 0.0140. The van der Waals surface area contributed by atoms with Crippen LogP contribution in [0.4, 0.5) is 17.2 Å². The fraction of sp³-hybridized carbons (Fsp3) is 0.490. The summed E-state index contributed by atoms with van der Waals surface area (Å²) in [5.41, 5.74) is 4.10. The Morgan fingerprint density at radius 1 is 1.02 bits per heavy atom. The van der Waals surface area contributed by atoms with Gasteiger partial charge in [0.2, 0.25) is 0 Å². The third-order valence-corrected chi connectivity index (χ3v) is 16.0. The van der Waals surface area contributed by atoms with E-state index in [1.54, 1.807) is 24.5 Å². The lowest BCUT2D eigenvalue weighted by molar-refractivity contribution is -0.0227. The Balaban J connectivity index is 0.899. The number of fused-ring (bicyclic) bond motifs is 1. The first-order valence-corrected chi connectivity index (χ1v) is 24.4. The number of aryl methyl sites for hydroxylation is 1. The normalized spacial score (nSPS) is 22.8. The van der Waals surface area contributed by atoms with Gasteiger partial charge in [0.15, 0.2) is 11.5 Å².